The summed E-state index contributed by atoms with van der Waals surface area (Å²) < 4.78 is 1.78. The molecule has 0 bridgehead atoms. The summed E-state index contributed by atoms with van der Waals surface area (Å²) in [5.41, 5.74) is -0.0332. The van der Waals surface area contributed by atoms with Crippen LogP contribution in [0.2, 0.25) is 0 Å². The molecule has 2 aromatic rings. The molecule has 1 atom stereocenters. The summed E-state index contributed by atoms with van der Waals surface area (Å²) in [4.78, 5) is 22.1. The summed E-state index contributed by atoms with van der Waals surface area (Å²) in [5.74, 6) is 0.417. The van der Waals surface area contributed by atoms with Crippen LogP contribution in [0.15, 0.2) is 23.4 Å². The SMILES string of the molecule is CCc1cnc(C(C)Nc2nccn(C3CC3)c2=O)s1. The molecule has 6 heteroatoms. The molecule has 1 aliphatic rings. The highest BCUT2D eigenvalue weighted by Crippen LogP contribution is 2.33. The molecule has 20 heavy (non-hydrogen) atoms. The Morgan fingerprint density at radius 3 is 2.95 bits per heavy atom. The van der Waals surface area contributed by atoms with Gasteiger partial charge in [0.1, 0.15) is 5.01 Å². The first-order valence-electron chi connectivity index (χ1n) is 6.97. The van der Waals surface area contributed by atoms with Gasteiger partial charge in [0.05, 0.1) is 6.04 Å². The van der Waals surface area contributed by atoms with Crippen LogP contribution in [-0.2, 0) is 6.42 Å². The Balaban J connectivity index is 1.80. The summed E-state index contributed by atoms with van der Waals surface area (Å²) in [6, 6.07) is 0.364. The van der Waals surface area contributed by atoms with Crippen molar-refractivity contribution in [3.05, 3.63) is 38.8 Å². The van der Waals surface area contributed by atoms with E-state index in [4.69, 9.17) is 0 Å². The van der Waals surface area contributed by atoms with E-state index in [1.54, 1.807) is 28.3 Å². The quantitative estimate of drug-likeness (QED) is 0.920. The van der Waals surface area contributed by atoms with Crippen molar-refractivity contribution < 1.29 is 0 Å². The van der Waals surface area contributed by atoms with Gasteiger partial charge in [-0.3, -0.25) is 4.79 Å². The molecule has 1 aliphatic carbocycles. The number of aryl methyl sites for hydroxylation is 1. The van der Waals surface area contributed by atoms with Gasteiger partial charge in [0.15, 0.2) is 5.82 Å². The third kappa shape index (κ3) is 2.60. The maximum Gasteiger partial charge on any atom is 0.293 e. The number of hydrogen-bond donors (Lipinski definition) is 1. The normalized spacial score (nSPS) is 16.1. The van der Waals surface area contributed by atoms with Gasteiger partial charge in [-0.25, -0.2) is 9.97 Å². The van der Waals surface area contributed by atoms with Gasteiger partial charge >= 0.3 is 0 Å². The number of rotatable bonds is 5. The summed E-state index contributed by atoms with van der Waals surface area (Å²) in [7, 11) is 0. The van der Waals surface area contributed by atoms with Crippen molar-refractivity contribution in [1.29, 1.82) is 0 Å². The lowest BCUT2D eigenvalue weighted by Gasteiger charge is -2.12. The largest absolute Gasteiger partial charge is 0.357 e. The first-order valence-corrected chi connectivity index (χ1v) is 7.79. The average Bonchev–Trinajstić information content (AvgIpc) is 3.17. The van der Waals surface area contributed by atoms with Crippen LogP contribution in [0, 0.1) is 0 Å². The van der Waals surface area contributed by atoms with Crippen molar-refractivity contribution in [1.82, 2.24) is 14.5 Å². The van der Waals surface area contributed by atoms with Crippen LogP contribution in [0.5, 0.6) is 0 Å². The fourth-order valence-electron chi connectivity index (χ4n) is 2.12. The molecule has 1 fully saturated rings. The van der Waals surface area contributed by atoms with E-state index >= 15 is 0 Å². The minimum Gasteiger partial charge on any atom is -0.357 e. The van der Waals surface area contributed by atoms with E-state index in [0.29, 0.717) is 11.9 Å². The molecule has 0 aliphatic heterocycles. The fraction of sp³-hybridized carbons (Fsp3) is 0.500. The number of anilines is 1. The molecule has 0 aromatic carbocycles. The zero-order valence-corrected chi connectivity index (χ0v) is 12.5. The highest BCUT2D eigenvalue weighted by Gasteiger charge is 2.25. The van der Waals surface area contributed by atoms with Crippen LogP contribution < -0.4 is 10.9 Å². The van der Waals surface area contributed by atoms with Crippen molar-refractivity contribution >= 4 is 17.2 Å². The second kappa shape index (κ2) is 5.36. The molecule has 0 amide bonds. The molecule has 0 radical (unpaired) electrons. The molecule has 1 N–H and O–H groups in total. The highest BCUT2D eigenvalue weighted by molar-refractivity contribution is 7.11. The average molecular weight is 290 g/mol. The summed E-state index contributed by atoms with van der Waals surface area (Å²) in [6.07, 6.45) is 8.53. The molecule has 0 saturated heterocycles. The number of nitrogens with zero attached hydrogens (tertiary/aromatic N) is 3. The van der Waals surface area contributed by atoms with Gasteiger partial charge in [-0.05, 0) is 26.2 Å². The number of thiazole rings is 1. The molecule has 1 saturated carbocycles. The lowest BCUT2D eigenvalue weighted by Crippen LogP contribution is -2.24. The Kier molecular flexibility index (Phi) is 3.56. The molecule has 0 spiro atoms. The Bertz CT molecular complexity index is 659. The third-order valence-electron chi connectivity index (χ3n) is 3.45. The molecular weight excluding hydrogens is 272 g/mol. The van der Waals surface area contributed by atoms with Crippen LogP contribution in [0.1, 0.15) is 48.7 Å². The van der Waals surface area contributed by atoms with E-state index in [0.717, 1.165) is 24.3 Å². The van der Waals surface area contributed by atoms with Crippen molar-refractivity contribution in [3.8, 4) is 0 Å². The Hall–Kier alpha value is -1.69. The number of nitrogens with one attached hydrogen (secondary N) is 1. The van der Waals surface area contributed by atoms with Gasteiger partial charge in [-0.1, -0.05) is 6.92 Å². The fourth-order valence-corrected chi connectivity index (χ4v) is 2.98. The Morgan fingerprint density at radius 2 is 2.30 bits per heavy atom. The zero-order chi connectivity index (χ0) is 14.1. The monoisotopic (exact) mass is 290 g/mol. The van der Waals surface area contributed by atoms with Gasteiger partial charge < -0.3 is 9.88 Å². The van der Waals surface area contributed by atoms with E-state index < -0.39 is 0 Å². The minimum atomic E-state index is -0.0332. The second-order valence-electron chi connectivity index (χ2n) is 5.10. The predicted octanol–water partition coefficient (Wildman–Crippen LogP) is 2.77. The second-order valence-corrected chi connectivity index (χ2v) is 6.25. The van der Waals surface area contributed by atoms with Gasteiger partial charge in [-0.2, -0.15) is 0 Å². The molecule has 2 heterocycles. The van der Waals surface area contributed by atoms with Crippen molar-refractivity contribution in [2.45, 2.75) is 45.2 Å². The number of aromatic nitrogens is 3. The molecule has 5 nitrogen and oxygen atoms in total. The molecular formula is C14H18N4OS. The predicted molar refractivity (Wildman–Crippen MR) is 80.3 cm³/mol. The number of hydrogen-bond acceptors (Lipinski definition) is 5. The maximum absolute atomic E-state index is 12.3. The van der Waals surface area contributed by atoms with Crippen LogP contribution in [-0.4, -0.2) is 14.5 Å². The molecule has 106 valence electrons. The van der Waals surface area contributed by atoms with Gasteiger partial charge in [0, 0.05) is 29.5 Å². The highest BCUT2D eigenvalue weighted by atomic mass is 32.1. The third-order valence-corrected chi connectivity index (χ3v) is 4.78. The molecule has 2 aromatic heterocycles. The maximum atomic E-state index is 12.3. The Morgan fingerprint density at radius 1 is 1.50 bits per heavy atom. The first kappa shape index (κ1) is 13.3. The summed E-state index contributed by atoms with van der Waals surface area (Å²) in [5, 5.41) is 4.18. The standard InChI is InChI=1S/C14H18N4OS/c1-3-11-8-16-13(20-11)9(2)17-12-14(19)18(7-6-15-12)10-4-5-10/h6-10H,3-5H2,1-2H3,(H,15,17). The van der Waals surface area contributed by atoms with E-state index in [1.165, 1.54) is 4.88 Å². The van der Waals surface area contributed by atoms with Crippen molar-refractivity contribution in [2.75, 3.05) is 5.32 Å². The van der Waals surface area contributed by atoms with E-state index in [2.05, 4.69) is 22.2 Å². The molecule has 1 unspecified atom stereocenters. The van der Waals surface area contributed by atoms with Crippen LogP contribution >= 0.6 is 11.3 Å². The van der Waals surface area contributed by atoms with Crippen molar-refractivity contribution in [3.63, 3.8) is 0 Å². The van der Waals surface area contributed by atoms with E-state index in [-0.39, 0.29) is 11.6 Å². The zero-order valence-electron chi connectivity index (χ0n) is 11.7. The van der Waals surface area contributed by atoms with Gasteiger partial charge in [0.25, 0.3) is 5.56 Å². The van der Waals surface area contributed by atoms with Gasteiger partial charge in [0.2, 0.25) is 0 Å². The summed E-state index contributed by atoms with van der Waals surface area (Å²) >= 11 is 1.68. The summed E-state index contributed by atoms with van der Waals surface area (Å²) in [6.45, 7) is 4.12. The Labute approximate surface area is 121 Å². The lowest BCUT2D eigenvalue weighted by molar-refractivity contribution is 0.696. The molecule has 3 rings (SSSR count). The lowest BCUT2D eigenvalue weighted by atomic mass is 10.3. The smallest absolute Gasteiger partial charge is 0.293 e. The minimum absolute atomic E-state index is 0.00412. The van der Waals surface area contributed by atoms with Crippen LogP contribution in [0.25, 0.3) is 0 Å². The van der Waals surface area contributed by atoms with Crippen LogP contribution in [0.3, 0.4) is 0 Å². The van der Waals surface area contributed by atoms with E-state index in [1.807, 2.05) is 13.1 Å². The van der Waals surface area contributed by atoms with E-state index in [9.17, 15) is 4.79 Å². The first-order chi connectivity index (χ1) is 9.69. The van der Waals surface area contributed by atoms with Crippen molar-refractivity contribution in [2.24, 2.45) is 0 Å². The van der Waals surface area contributed by atoms with Crippen LogP contribution in [0.4, 0.5) is 5.82 Å². The topological polar surface area (TPSA) is 59.8 Å². The van der Waals surface area contributed by atoms with Gasteiger partial charge in [-0.15, -0.1) is 11.3 Å².